The van der Waals surface area contributed by atoms with Gasteiger partial charge >= 0.3 is 0 Å². The molecule has 1 rings (SSSR count). The van der Waals surface area contributed by atoms with Crippen LogP contribution in [-0.4, -0.2) is 29.7 Å². The highest BCUT2D eigenvalue weighted by atomic mass is 16.3. The van der Waals surface area contributed by atoms with Crippen LogP contribution in [-0.2, 0) is 4.79 Å². The summed E-state index contributed by atoms with van der Waals surface area (Å²) in [6, 6.07) is 0.0535. The van der Waals surface area contributed by atoms with Gasteiger partial charge in [0.1, 0.15) is 0 Å². The van der Waals surface area contributed by atoms with Crippen LogP contribution >= 0.6 is 0 Å². The first kappa shape index (κ1) is 14.5. The van der Waals surface area contributed by atoms with Crippen molar-refractivity contribution in [2.75, 3.05) is 6.61 Å². The lowest BCUT2D eigenvalue weighted by Crippen LogP contribution is -2.44. The molecule has 0 heterocycles. The average Bonchev–Trinajstić information content (AvgIpc) is 2.27. The molecule has 1 aliphatic carbocycles. The van der Waals surface area contributed by atoms with Crippen molar-refractivity contribution in [3.8, 4) is 0 Å². The van der Waals surface area contributed by atoms with Crippen LogP contribution in [0.1, 0.15) is 46.0 Å². The van der Waals surface area contributed by atoms with Crippen LogP contribution in [0.3, 0.4) is 0 Å². The van der Waals surface area contributed by atoms with E-state index in [0.717, 1.165) is 32.1 Å². The lowest BCUT2D eigenvalue weighted by atomic mass is 9.85. The minimum Gasteiger partial charge on any atom is -0.394 e. The lowest BCUT2D eigenvalue weighted by molar-refractivity contribution is -0.127. The van der Waals surface area contributed by atoms with Crippen molar-refractivity contribution in [1.82, 2.24) is 5.32 Å². The first-order valence-corrected chi connectivity index (χ1v) is 6.69. The van der Waals surface area contributed by atoms with E-state index in [1.807, 2.05) is 0 Å². The van der Waals surface area contributed by atoms with E-state index in [-0.39, 0.29) is 30.5 Å². The summed E-state index contributed by atoms with van der Waals surface area (Å²) in [7, 11) is 0. The van der Waals surface area contributed by atoms with E-state index < -0.39 is 0 Å². The van der Waals surface area contributed by atoms with Gasteiger partial charge in [0.15, 0.2) is 0 Å². The molecule has 0 aromatic carbocycles. The van der Waals surface area contributed by atoms with Gasteiger partial charge in [-0.25, -0.2) is 0 Å². The van der Waals surface area contributed by atoms with Crippen molar-refractivity contribution in [2.45, 2.75) is 58.0 Å². The van der Waals surface area contributed by atoms with Gasteiger partial charge in [0.25, 0.3) is 0 Å². The second-order valence-electron chi connectivity index (χ2n) is 5.64. The Bertz CT molecular complexity index is 244. The molecule has 3 unspecified atom stereocenters. The predicted molar refractivity (Wildman–Crippen MR) is 68.4 cm³/mol. The molecule has 4 N–H and O–H groups in total. The third kappa shape index (κ3) is 5.04. The average molecular weight is 242 g/mol. The van der Waals surface area contributed by atoms with Crippen LogP contribution in [0.2, 0.25) is 0 Å². The predicted octanol–water partition coefficient (Wildman–Crippen LogP) is 1.03. The fourth-order valence-electron chi connectivity index (χ4n) is 2.53. The molecule has 100 valence electrons. The zero-order valence-electron chi connectivity index (χ0n) is 11.0. The molecule has 0 saturated heterocycles. The number of carbonyl (C=O) groups excluding carboxylic acids is 1. The first-order valence-electron chi connectivity index (χ1n) is 6.69. The van der Waals surface area contributed by atoms with Crippen molar-refractivity contribution in [3.63, 3.8) is 0 Å². The summed E-state index contributed by atoms with van der Waals surface area (Å²) in [5.74, 6) is 0.584. The quantitative estimate of drug-likeness (QED) is 0.674. The normalized spacial score (nSPS) is 26.9. The molecule has 3 atom stereocenters. The SMILES string of the molecule is CC(C)CC(CO)NC(=O)C1CCCC(N)C1. The van der Waals surface area contributed by atoms with Crippen molar-refractivity contribution in [1.29, 1.82) is 0 Å². The van der Waals surface area contributed by atoms with Crippen LogP contribution in [0.15, 0.2) is 0 Å². The number of hydrogen-bond donors (Lipinski definition) is 3. The lowest BCUT2D eigenvalue weighted by Gasteiger charge is -2.28. The minimum absolute atomic E-state index is 0.0166. The number of rotatable bonds is 5. The Balaban J connectivity index is 2.40. The summed E-state index contributed by atoms with van der Waals surface area (Å²) in [6.45, 7) is 4.19. The van der Waals surface area contributed by atoms with E-state index in [9.17, 15) is 9.90 Å². The van der Waals surface area contributed by atoms with Crippen molar-refractivity contribution in [2.24, 2.45) is 17.6 Å². The molecule has 0 radical (unpaired) electrons. The molecule has 4 nitrogen and oxygen atoms in total. The third-order valence-electron chi connectivity index (χ3n) is 3.41. The van der Waals surface area contributed by atoms with Gasteiger partial charge < -0.3 is 16.2 Å². The Labute approximate surface area is 104 Å². The van der Waals surface area contributed by atoms with Gasteiger partial charge in [0.2, 0.25) is 5.91 Å². The topological polar surface area (TPSA) is 75.3 Å². The van der Waals surface area contributed by atoms with Crippen molar-refractivity contribution < 1.29 is 9.90 Å². The van der Waals surface area contributed by atoms with Crippen molar-refractivity contribution in [3.05, 3.63) is 0 Å². The Morgan fingerprint density at radius 1 is 1.47 bits per heavy atom. The van der Waals surface area contributed by atoms with Crippen molar-refractivity contribution >= 4 is 5.91 Å². The van der Waals surface area contributed by atoms with Gasteiger partial charge in [-0.1, -0.05) is 20.3 Å². The molecule has 0 bridgehead atoms. The fraction of sp³-hybridized carbons (Fsp3) is 0.923. The summed E-state index contributed by atoms with van der Waals surface area (Å²) in [4.78, 5) is 12.0. The first-order chi connectivity index (χ1) is 8.02. The second kappa shape index (κ2) is 6.97. The molecule has 17 heavy (non-hydrogen) atoms. The summed E-state index contributed by atoms with van der Waals surface area (Å²) in [6.07, 6.45) is 4.60. The van der Waals surface area contributed by atoms with E-state index in [2.05, 4.69) is 19.2 Å². The standard InChI is InChI=1S/C13H26N2O2/c1-9(2)6-12(8-16)15-13(17)10-4-3-5-11(14)7-10/h9-12,16H,3-8,14H2,1-2H3,(H,15,17). The summed E-state index contributed by atoms with van der Waals surface area (Å²) < 4.78 is 0. The molecular formula is C13H26N2O2. The monoisotopic (exact) mass is 242 g/mol. The van der Waals surface area contributed by atoms with Gasteiger partial charge in [-0.3, -0.25) is 4.79 Å². The summed E-state index contributed by atoms with van der Waals surface area (Å²) >= 11 is 0. The number of carbonyl (C=O) groups is 1. The molecule has 1 amide bonds. The third-order valence-corrected chi connectivity index (χ3v) is 3.41. The second-order valence-corrected chi connectivity index (χ2v) is 5.64. The molecule has 0 aliphatic heterocycles. The molecule has 1 fully saturated rings. The molecule has 0 spiro atoms. The largest absolute Gasteiger partial charge is 0.394 e. The van der Waals surface area contributed by atoms with E-state index in [1.165, 1.54) is 0 Å². The Hall–Kier alpha value is -0.610. The molecule has 0 aromatic heterocycles. The number of aliphatic hydroxyl groups excluding tert-OH is 1. The van der Waals surface area contributed by atoms with Crippen LogP contribution in [0.4, 0.5) is 0 Å². The maximum absolute atomic E-state index is 12.0. The summed E-state index contributed by atoms with van der Waals surface area (Å²) in [5.41, 5.74) is 5.88. The molecule has 1 saturated carbocycles. The Kier molecular flexibility index (Phi) is 5.92. The van der Waals surface area contributed by atoms with Crippen LogP contribution in [0.5, 0.6) is 0 Å². The zero-order chi connectivity index (χ0) is 12.8. The molecule has 1 aliphatic rings. The van der Waals surface area contributed by atoms with Crippen LogP contribution in [0, 0.1) is 11.8 Å². The Morgan fingerprint density at radius 2 is 2.18 bits per heavy atom. The minimum atomic E-state index is -0.111. The Morgan fingerprint density at radius 3 is 2.71 bits per heavy atom. The smallest absolute Gasteiger partial charge is 0.223 e. The molecular weight excluding hydrogens is 216 g/mol. The van der Waals surface area contributed by atoms with Gasteiger partial charge in [0, 0.05) is 12.0 Å². The number of aliphatic hydroxyl groups is 1. The maximum atomic E-state index is 12.0. The highest BCUT2D eigenvalue weighted by Crippen LogP contribution is 2.23. The highest BCUT2D eigenvalue weighted by molar-refractivity contribution is 5.79. The van der Waals surface area contributed by atoms with E-state index in [4.69, 9.17) is 5.73 Å². The van der Waals surface area contributed by atoms with Gasteiger partial charge in [-0.15, -0.1) is 0 Å². The zero-order valence-corrected chi connectivity index (χ0v) is 11.0. The van der Waals surface area contributed by atoms with Gasteiger partial charge in [0.05, 0.1) is 12.6 Å². The number of nitrogens with two attached hydrogens (primary N) is 1. The molecule has 4 heteroatoms. The fourth-order valence-corrected chi connectivity index (χ4v) is 2.53. The number of nitrogens with one attached hydrogen (secondary N) is 1. The van der Waals surface area contributed by atoms with Crippen LogP contribution in [0.25, 0.3) is 0 Å². The van der Waals surface area contributed by atoms with E-state index >= 15 is 0 Å². The van der Waals surface area contributed by atoms with Gasteiger partial charge in [-0.05, 0) is 31.6 Å². The number of amides is 1. The number of hydrogen-bond acceptors (Lipinski definition) is 3. The highest BCUT2D eigenvalue weighted by Gasteiger charge is 2.26. The molecule has 0 aromatic rings. The van der Waals surface area contributed by atoms with E-state index in [1.54, 1.807) is 0 Å². The maximum Gasteiger partial charge on any atom is 0.223 e. The van der Waals surface area contributed by atoms with E-state index in [0.29, 0.717) is 5.92 Å². The summed E-state index contributed by atoms with van der Waals surface area (Å²) in [5, 5.41) is 12.2. The van der Waals surface area contributed by atoms with Crippen LogP contribution < -0.4 is 11.1 Å². The van der Waals surface area contributed by atoms with Gasteiger partial charge in [-0.2, -0.15) is 0 Å².